The maximum atomic E-state index is 13.3. The van der Waals surface area contributed by atoms with Crippen molar-refractivity contribution in [3.8, 4) is 0 Å². The molecule has 1 aromatic carbocycles. The molecule has 1 fully saturated rings. The monoisotopic (exact) mass is 334 g/mol. The molecular weight excluding hydrogens is 314 g/mol. The largest absolute Gasteiger partial charge is 0.468 e. The Morgan fingerprint density at radius 3 is 2.62 bits per heavy atom. The number of hydrogen-bond acceptors (Lipinski definition) is 3. The van der Waals surface area contributed by atoms with E-state index < -0.39 is 17.5 Å². The van der Waals surface area contributed by atoms with Crippen molar-refractivity contribution in [2.45, 2.75) is 25.3 Å². The highest BCUT2D eigenvalue weighted by Crippen LogP contribution is 2.24. The van der Waals surface area contributed by atoms with E-state index in [0.29, 0.717) is 6.54 Å². The molecule has 0 bridgehead atoms. The molecule has 1 unspecified atom stereocenters. The average Bonchev–Trinajstić information content (AvgIpc) is 3.12. The number of nitrogens with zero attached hydrogens (tertiary/aromatic N) is 1. The van der Waals surface area contributed by atoms with Crippen molar-refractivity contribution in [2.75, 3.05) is 19.6 Å². The zero-order chi connectivity index (χ0) is 16.9. The van der Waals surface area contributed by atoms with Crippen LogP contribution >= 0.6 is 0 Å². The van der Waals surface area contributed by atoms with Crippen LogP contribution in [0, 0.1) is 11.6 Å². The molecule has 1 N–H and O–H groups in total. The minimum Gasteiger partial charge on any atom is -0.468 e. The van der Waals surface area contributed by atoms with Crippen LogP contribution in [0.15, 0.2) is 41.0 Å². The van der Waals surface area contributed by atoms with E-state index in [0.717, 1.165) is 43.8 Å². The number of halogens is 2. The zero-order valence-electron chi connectivity index (χ0n) is 13.3. The molecule has 2 aromatic rings. The number of benzene rings is 1. The molecule has 128 valence electrons. The SMILES string of the molecule is O=C(NCC(c1ccco1)N1CCCCC1)c1ccc(F)c(F)c1. The number of hydrogen-bond donors (Lipinski definition) is 1. The van der Waals surface area contributed by atoms with Gasteiger partial charge in [0.15, 0.2) is 11.6 Å². The molecular formula is C18H20F2N2O2. The number of carbonyl (C=O) groups is 1. The van der Waals surface area contributed by atoms with Crippen LogP contribution in [-0.2, 0) is 0 Å². The van der Waals surface area contributed by atoms with Gasteiger partial charge in [0.1, 0.15) is 5.76 Å². The van der Waals surface area contributed by atoms with Gasteiger partial charge in [-0.1, -0.05) is 6.42 Å². The second-order valence-electron chi connectivity index (χ2n) is 5.97. The van der Waals surface area contributed by atoms with E-state index in [1.54, 1.807) is 6.26 Å². The Labute approximate surface area is 139 Å². The number of likely N-dealkylation sites (tertiary alicyclic amines) is 1. The Hall–Kier alpha value is -2.21. The first kappa shape index (κ1) is 16.6. The molecule has 0 spiro atoms. The van der Waals surface area contributed by atoms with Crippen LogP contribution in [0.2, 0.25) is 0 Å². The van der Waals surface area contributed by atoms with Gasteiger partial charge in [-0.05, 0) is 56.3 Å². The Bertz CT molecular complexity index is 682. The lowest BCUT2D eigenvalue weighted by Crippen LogP contribution is -2.40. The van der Waals surface area contributed by atoms with Crippen molar-refractivity contribution in [2.24, 2.45) is 0 Å². The number of carbonyl (C=O) groups excluding carboxylic acids is 1. The molecule has 1 aliphatic heterocycles. The van der Waals surface area contributed by atoms with Crippen LogP contribution in [0.5, 0.6) is 0 Å². The van der Waals surface area contributed by atoms with Crippen molar-refractivity contribution < 1.29 is 18.0 Å². The van der Waals surface area contributed by atoms with Crippen molar-refractivity contribution in [1.82, 2.24) is 10.2 Å². The minimum absolute atomic E-state index is 0.0606. The topological polar surface area (TPSA) is 45.5 Å². The highest BCUT2D eigenvalue weighted by Gasteiger charge is 2.25. The molecule has 3 rings (SSSR count). The van der Waals surface area contributed by atoms with Crippen LogP contribution in [-0.4, -0.2) is 30.4 Å². The van der Waals surface area contributed by atoms with Gasteiger partial charge >= 0.3 is 0 Å². The summed E-state index contributed by atoms with van der Waals surface area (Å²) < 4.78 is 31.8. The van der Waals surface area contributed by atoms with E-state index in [2.05, 4.69) is 10.2 Å². The van der Waals surface area contributed by atoms with Crippen LogP contribution in [0.25, 0.3) is 0 Å². The molecule has 1 amide bonds. The predicted molar refractivity (Wildman–Crippen MR) is 85.6 cm³/mol. The molecule has 2 heterocycles. The Kier molecular flexibility index (Phi) is 5.25. The molecule has 1 saturated heterocycles. The number of nitrogens with one attached hydrogen (secondary N) is 1. The summed E-state index contributed by atoms with van der Waals surface area (Å²) in [5, 5.41) is 2.80. The van der Waals surface area contributed by atoms with E-state index >= 15 is 0 Å². The summed E-state index contributed by atoms with van der Waals surface area (Å²) in [7, 11) is 0. The highest BCUT2D eigenvalue weighted by atomic mass is 19.2. The predicted octanol–water partition coefficient (Wildman–Crippen LogP) is 3.51. The van der Waals surface area contributed by atoms with Crippen molar-refractivity contribution in [3.05, 3.63) is 59.6 Å². The van der Waals surface area contributed by atoms with E-state index in [4.69, 9.17) is 4.42 Å². The first-order valence-electron chi connectivity index (χ1n) is 8.16. The lowest BCUT2D eigenvalue weighted by molar-refractivity contribution is 0.0913. The van der Waals surface area contributed by atoms with Gasteiger partial charge in [-0.3, -0.25) is 9.69 Å². The van der Waals surface area contributed by atoms with Gasteiger partial charge in [-0.15, -0.1) is 0 Å². The summed E-state index contributed by atoms with van der Waals surface area (Å²) in [6.07, 6.45) is 5.06. The summed E-state index contributed by atoms with van der Waals surface area (Å²) >= 11 is 0. The molecule has 0 aliphatic carbocycles. The molecule has 1 aliphatic rings. The Morgan fingerprint density at radius 2 is 1.96 bits per heavy atom. The Morgan fingerprint density at radius 1 is 1.17 bits per heavy atom. The van der Waals surface area contributed by atoms with Gasteiger partial charge in [-0.25, -0.2) is 8.78 Å². The highest BCUT2D eigenvalue weighted by molar-refractivity contribution is 5.94. The fourth-order valence-corrected chi connectivity index (χ4v) is 3.05. The van der Waals surface area contributed by atoms with Crippen molar-refractivity contribution >= 4 is 5.91 Å². The smallest absolute Gasteiger partial charge is 0.251 e. The fourth-order valence-electron chi connectivity index (χ4n) is 3.05. The first-order valence-corrected chi connectivity index (χ1v) is 8.16. The molecule has 1 aromatic heterocycles. The van der Waals surface area contributed by atoms with Crippen molar-refractivity contribution in [1.29, 1.82) is 0 Å². The molecule has 6 heteroatoms. The first-order chi connectivity index (χ1) is 11.6. The van der Waals surface area contributed by atoms with E-state index in [-0.39, 0.29) is 11.6 Å². The third-order valence-corrected chi connectivity index (χ3v) is 4.34. The standard InChI is InChI=1S/C18H20F2N2O2/c19-14-7-6-13(11-15(14)20)18(23)21-12-16(17-5-4-10-24-17)22-8-2-1-3-9-22/h4-7,10-11,16H,1-3,8-9,12H2,(H,21,23). The third-order valence-electron chi connectivity index (χ3n) is 4.34. The van der Waals surface area contributed by atoms with Crippen LogP contribution in [0.1, 0.15) is 41.4 Å². The average molecular weight is 334 g/mol. The second-order valence-corrected chi connectivity index (χ2v) is 5.97. The summed E-state index contributed by atoms with van der Waals surface area (Å²) in [4.78, 5) is 14.5. The third kappa shape index (κ3) is 3.82. The molecule has 24 heavy (non-hydrogen) atoms. The fraction of sp³-hybridized carbons (Fsp3) is 0.389. The van der Waals surface area contributed by atoms with Crippen LogP contribution in [0.4, 0.5) is 8.78 Å². The van der Waals surface area contributed by atoms with Gasteiger partial charge in [0.25, 0.3) is 5.91 Å². The number of piperidine rings is 1. The molecule has 1 atom stereocenters. The van der Waals surface area contributed by atoms with Crippen LogP contribution in [0.3, 0.4) is 0 Å². The van der Waals surface area contributed by atoms with Crippen LogP contribution < -0.4 is 5.32 Å². The molecule has 0 radical (unpaired) electrons. The molecule has 4 nitrogen and oxygen atoms in total. The van der Waals surface area contributed by atoms with Gasteiger partial charge < -0.3 is 9.73 Å². The summed E-state index contributed by atoms with van der Waals surface area (Å²) in [6.45, 7) is 2.25. The lowest BCUT2D eigenvalue weighted by atomic mass is 10.1. The van der Waals surface area contributed by atoms with Gasteiger partial charge in [0, 0.05) is 12.1 Å². The lowest BCUT2D eigenvalue weighted by Gasteiger charge is -2.33. The van der Waals surface area contributed by atoms with Gasteiger partial charge in [0.05, 0.1) is 12.3 Å². The maximum Gasteiger partial charge on any atom is 0.251 e. The second kappa shape index (κ2) is 7.57. The van der Waals surface area contributed by atoms with E-state index in [1.165, 1.54) is 12.5 Å². The number of furan rings is 1. The van der Waals surface area contributed by atoms with Gasteiger partial charge in [0.2, 0.25) is 0 Å². The van der Waals surface area contributed by atoms with E-state index in [9.17, 15) is 13.6 Å². The summed E-state index contributed by atoms with van der Waals surface area (Å²) in [6, 6.07) is 6.80. The Balaban J connectivity index is 1.68. The number of rotatable bonds is 5. The van der Waals surface area contributed by atoms with Gasteiger partial charge in [-0.2, -0.15) is 0 Å². The normalized spacial score (nSPS) is 16.8. The quantitative estimate of drug-likeness (QED) is 0.910. The molecule has 0 saturated carbocycles. The summed E-state index contributed by atoms with van der Waals surface area (Å²) in [5.41, 5.74) is 0.103. The maximum absolute atomic E-state index is 13.3. The minimum atomic E-state index is -1.03. The van der Waals surface area contributed by atoms with E-state index in [1.807, 2.05) is 12.1 Å². The van der Waals surface area contributed by atoms with Crippen molar-refractivity contribution in [3.63, 3.8) is 0 Å². The zero-order valence-corrected chi connectivity index (χ0v) is 13.3. The number of amides is 1. The summed E-state index contributed by atoms with van der Waals surface area (Å²) in [5.74, 6) is -1.63.